The van der Waals surface area contributed by atoms with Crippen LogP contribution in [0.2, 0.25) is 0 Å². The Balaban J connectivity index is 1.53. The molecule has 2 aromatic rings. The predicted octanol–water partition coefficient (Wildman–Crippen LogP) is 2.43. The molecule has 23 heavy (non-hydrogen) atoms. The summed E-state index contributed by atoms with van der Waals surface area (Å²) in [5, 5.41) is 11.8. The van der Waals surface area contributed by atoms with E-state index in [1.165, 1.54) is 24.2 Å². The molecule has 1 aliphatic rings. The molecular formula is C17H23N5S. The summed E-state index contributed by atoms with van der Waals surface area (Å²) in [6, 6.07) is 10.3. The summed E-state index contributed by atoms with van der Waals surface area (Å²) in [5.74, 6) is 2.15. The van der Waals surface area contributed by atoms with E-state index in [1.807, 2.05) is 24.0 Å². The second-order valence-corrected chi connectivity index (χ2v) is 6.97. The largest absolute Gasteiger partial charge is 0.355 e. The van der Waals surface area contributed by atoms with Crippen LogP contribution in [-0.4, -0.2) is 40.3 Å². The van der Waals surface area contributed by atoms with E-state index in [4.69, 9.17) is 0 Å². The van der Waals surface area contributed by atoms with Crippen LogP contribution in [0.4, 0.5) is 0 Å². The van der Waals surface area contributed by atoms with Gasteiger partial charge in [-0.1, -0.05) is 12.1 Å². The molecule has 0 bridgehead atoms. The van der Waals surface area contributed by atoms with E-state index in [9.17, 15) is 0 Å². The first-order chi connectivity index (χ1) is 11.3. The van der Waals surface area contributed by atoms with Crippen molar-refractivity contribution in [2.75, 3.05) is 19.3 Å². The van der Waals surface area contributed by atoms with E-state index in [0.717, 1.165) is 30.0 Å². The van der Waals surface area contributed by atoms with Gasteiger partial charge in [0.2, 0.25) is 0 Å². The van der Waals surface area contributed by atoms with Crippen LogP contribution in [0.5, 0.6) is 0 Å². The molecule has 0 aliphatic carbocycles. The van der Waals surface area contributed by atoms with Crippen LogP contribution in [0.3, 0.4) is 0 Å². The van der Waals surface area contributed by atoms with Gasteiger partial charge in [0.1, 0.15) is 0 Å². The minimum atomic E-state index is 0.719. The molecule has 1 unspecified atom stereocenters. The highest BCUT2D eigenvalue weighted by Gasteiger charge is 2.15. The fraction of sp³-hybridized carbons (Fsp3) is 0.412. The maximum absolute atomic E-state index is 4.30. The van der Waals surface area contributed by atoms with Crippen LogP contribution in [0.25, 0.3) is 5.69 Å². The van der Waals surface area contributed by atoms with E-state index >= 15 is 0 Å². The maximum atomic E-state index is 4.30. The molecule has 2 heterocycles. The van der Waals surface area contributed by atoms with Gasteiger partial charge in [-0.25, -0.2) is 4.68 Å². The van der Waals surface area contributed by atoms with Crippen LogP contribution in [0.15, 0.2) is 47.7 Å². The van der Waals surface area contributed by atoms with E-state index in [1.54, 1.807) is 6.20 Å². The van der Waals surface area contributed by atoms with Crippen molar-refractivity contribution in [3.8, 4) is 5.69 Å². The summed E-state index contributed by atoms with van der Waals surface area (Å²) >= 11 is 2.05. The molecule has 1 saturated heterocycles. The first-order valence-electron chi connectivity index (χ1n) is 8.00. The fourth-order valence-electron chi connectivity index (χ4n) is 2.65. The molecule has 122 valence electrons. The Labute approximate surface area is 141 Å². The summed E-state index contributed by atoms with van der Waals surface area (Å²) in [7, 11) is 1.82. The Kier molecular flexibility index (Phi) is 5.58. The van der Waals surface area contributed by atoms with Crippen molar-refractivity contribution >= 4 is 17.7 Å². The standard InChI is InChI=1S/C17H23N5S/c1-18-17(20-13-16-7-3-10-23-16)19-12-14-5-2-6-15(11-14)22-9-4-8-21-22/h2,4-6,8-9,11,16H,3,7,10,12-13H2,1H3,(H2,18,19,20). The summed E-state index contributed by atoms with van der Waals surface area (Å²) in [4.78, 5) is 4.30. The molecule has 6 heteroatoms. The highest BCUT2D eigenvalue weighted by atomic mass is 32.2. The molecular weight excluding hydrogens is 306 g/mol. The fourth-order valence-corrected chi connectivity index (χ4v) is 3.85. The number of thioether (sulfide) groups is 1. The van der Waals surface area contributed by atoms with Gasteiger partial charge >= 0.3 is 0 Å². The maximum Gasteiger partial charge on any atom is 0.191 e. The quantitative estimate of drug-likeness (QED) is 0.653. The van der Waals surface area contributed by atoms with Crippen molar-refractivity contribution in [2.45, 2.75) is 24.6 Å². The van der Waals surface area contributed by atoms with Crippen molar-refractivity contribution < 1.29 is 0 Å². The molecule has 1 fully saturated rings. The Morgan fingerprint density at radius 2 is 2.35 bits per heavy atom. The number of guanidine groups is 1. The molecule has 0 radical (unpaired) electrons. The van der Waals surface area contributed by atoms with Crippen LogP contribution in [-0.2, 0) is 6.54 Å². The van der Waals surface area contributed by atoms with Crippen molar-refractivity contribution in [3.63, 3.8) is 0 Å². The molecule has 0 amide bonds. The SMILES string of the molecule is CN=C(NCc1cccc(-n2cccn2)c1)NCC1CCCS1. The minimum absolute atomic E-state index is 0.719. The summed E-state index contributed by atoms with van der Waals surface area (Å²) in [6.45, 7) is 1.73. The molecule has 5 nitrogen and oxygen atoms in total. The number of aliphatic imine (C=N–C) groups is 1. The van der Waals surface area contributed by atoms with Crippen LogP contribution < -0.4 is 10.6 Å². The average molecular weight is 329 g/mol. The molecule has 0 spiro atoms. The van der Waals surface area contributed by atoms with Gasteiger partial charge in [-0.15, -0.1) is 0 Å². The number of rotatable bonds is 5. The molecule has 1 atom stereocenters. The van der Waals surface area contributed by atoms with Crippen LogP contribution in [0.1, 0.15) is 18.4 Å². The van der Waals surface area contributed by atoms with Crippen molar-refractivity contribution in [3.05, 3.63) is 48.3 Å². The molecule has 3 rings (SSSR count). The van der Waals surface area contributed by atoms with Gasteiger partial charge in [-0.2, -0.15) is 16.9 Å². The third-order valence-corrected chi connectivity index (χ3v) is 5.28. The number of benzene rings is 1. The van der Waals surface area contributed by atoms with Crippen molar-refractivity contribution in [1.82, 2.24) is 20.4 Å². The van der Waals surface area contributed by atoms with Gasteiger partial charge in [0, 0.05) is 37.8 Å². The number of nitrogens with zero attached hydrogens (tertiary/aromatic N) is 3. The third-order valence-electron chi connectivity index (χ3n) is 3.88. The first-order valence-corrected chi connectivity index (χ1v) is 9.05. The summed E-state index contributed by atoms with van der Waals surface area (Å²) in [6.07, 6.45) is 6.38. The average Bonchev–Trinajstić information content (AvgIpc) is 3.29. The highest BCUT2D eigenvalue weighted by Crippen LogP contribution is 2.25. The predicted molar refractivity (Wildman–Crippen MR) is 97.2 cm³/mol. The topological polar surface area (TPSA) is 54.2 Å². The smallest absolute Gasteiger partial charge is 0.191 e. The molecule has 2 N–H and O–H groups in total. The van der Waals surface area contributed by atoms with Crippen molar-refractivity contribution in [1.29, 1.82) is 0 Å². The van der Waals surface area contributed by atoms with E-state index in [0.29, 0.717) is 0 Å². The second-order valence-electron chi connectivity index (χ2n) is 5.56. The van der Waals surface area contributed by atoms with Crippen LogP contribution >= 0.6 is 11.8 Å². The van der Waals surface area contributed by atoms with E-state index < -0.39 is 0 Å². The lowest BCUT2D eigenvalue weighted by molar-refractivity contribution is 0.726. The van der Waals surface area contributed by atoms with E-state index in [2.05, 4.69) is 56.8 Å². The lowest BCUT2D eigenvalue weighted by Crippen LogP contribution is -2.39. The lowest BCUT2D eigenvalue weighted by Gasteiger charge is -2.15. The summed E-state index contributed by atoms with van der Waals surface area (Å²) < 4.78 is 1.87. The van der Waals surface area contributed by atoms with E-state index in [-0.39, 0.29) is 0 Å². The minimum Gasteiger partial charge on any atom is -0.355 e. The van der Waals surface area contributed by atoms with Gasteiger partial charge in [0.15, 0.2) is 5.96 Å². The lowest BCUT2D eigenvalue weighted by atomic mass is 10.2. The highest BCUT2D eigenvalue weighted by molar-refractivity contribution is 8.00. The van der Waals surface area contributed by atoms with Gasteiger partial charge in [-0.05, 0) is 42.4 Å². The molecule has 0 saturated carbocycles. The number of aromatic nitrogens is 2. The molecule has 1 aliphatic heterocycles. The zero-order chi connectivity index (χ0) is 15.9. The zero-order valence-corrected chi connectivity index (χ0v) is 14.2. The molecule has 1 aromatic heterocycles. The first kappa shape index (κ1) is 15.9. The van der Waals surface area contributed by atoms with Gasteiger partial charge in [-0.3, -0.25) is 4.99 Å². The Bertz CT molecular complexity index is 632. The van der Waals surface area contributed by atoms with Crippen molar-refractivity contribution in [2.24, 2.45) is 4.99 Å². The van der Waals surface area contributed by atoms with Gasteiger partial charge in [0.05, 0.1) is 5.69 Å². The Morgan fingerprint density at radius 1 is 1.39 bits per heavy atom. The monoisotopic (exact) mass is 329 g/mol. The van der Waals surface area contributed by atoms with Gasteiger partial charge in [0.25, 0.3) is 0 Å². The van der Waals surface area contributed by atoms with Crippen LogP contribution in [0, 0.1) is 0 Å². The Morgan fingerprint density at radius 3 is 3.09 bits per heavy atom. The van der Waals surface area contributed by atoms with Gasteiger partial charge < -0.3 is 10.6 Å². The third kappa shape index (κ3) is 4.51. The Hall–Kier alpha value is -1.95. The normalized spacial score (nSPS) is 18.1. The second kappa shape index (κ2) is 8.06. The summed E-state index contributed by atoms with van der Waals surface area (Å²) in [5.41, 5.74) is 2.27. The number of hydrogen-bond donors (Lipinski definition) is 2. The number of nitrogens with one attached hydrogen (secondary N) is 2. The molecule has 1 aromatic carbocycles. The number of hydrogen-bond acceptors (Lipinski definition) is 3. The zero-order valence-electron chi connectivity index (χ0n) is 13.4.